The van der Waals surface area contributed by atoms with Crippen LogP contribution in [0.4, 0.5) is 0 Å². The number of hydrazone groups is 1. The summed E-state index contributed by atoms with van der Waals surface area (Å²) >= 11 is 5.05. The summed E-state index contributed by atoms with van der Waals surface area (Å²) in [6.45, 7) is 0.738. The Hall–Kier alpha value is -4.21. The minimum Gasteiger partial charge on any atom is -0.497 e. The molecular weight excluding hydrogens is 638 g/mol. The van der Waals surface area contributed by atoms with E-state index in [9.17, 15) is 4.79 Å². The molecule has 0 bridgehead atoms. The van der Waals surface area contributed by atoms with Crippen molar-refractivity contribution in [3.63, 3.8) is 0 Å². The summed E-state index contributed by atoms with van der Waals surface area (Å²) in [5.41, 5.74) is 4.95. The first-order valence-corrected chi connectivity index (χ1v) is 16.0. The van der Waals surface area contributed by atoms with Gasteiger partial charge in [0.1, 0.15) is 5.75 Å². The fourth-order valence-corrected chi connectivity index (χ4v) is 6.77. The molecule has 6 rings (SSSR count). The third-order valence-corrected chi connectivity index (χ3v) is 9.31. The average Bonchev–Trinajstić information content (AvgIpc) is 3.66. The first-order chi connectivity index (χ1) is 21.5. The number of carbonyl (C=O) groups excluding carboxylic acids is 1. The predicted molar refractivity (Wildman–Crippen MR) is 179 cm³/mol. The molecule has 1 amide bonds. The van der Waals surface area contributed by atoms with Gasteiger partial charge in [0.2, 0.25) is 0 Å². The van der Waals surface area contributed by atoms with Gasteiger partial charge in [-0.2, -0.15) is 5.10 Å². The van der Waals surface area contributed by atoms with Gasteiger partial charge >= 0.3 is 0 Å². The number of halogens is 1. The van der Waals surface area contributed by atoms with Crippen LogP contribution in [-0.2, 0) is 11.3 Å². The van der Waals surface area contributed by atoms with Crippen LogP contribution in [0.5, 0.6) is 17.2 Å². The maximum Gasteiger partial charge on any atom is 0.253 e. The number of rotatable bonds is 10. The molecule has 0 spiro atoms. The van der Waals surface area contributed by atoms with Crippen molar-refractivity contribution in [2.45, 2.75) is 23.9 Å². The van der Waals surface area contributed by atoms with Gasteiger partial charge in [0, 0.05) is 45.0 Å². The van der Waals surface area contributed by atoms with Crippen LogP contribution >= 0.6 is 27.7 Å². The highest BCUT2D eigenvalue weighted by molar-refractivity contribution is 9.10. The van der Waals surface area contributed by atoms with Crippen LogP contribution in [0.15, 0.2) is 112 Å². The Morgan fingerprint density at radius 1 is 0.909 bits per heavy atom. The van der Waals surface area contributed by atoms with E-state index in [-0.39, 0.29) is 17.7 Å². The quantitative estimate of drug-likeness (QED) is 0.141. The van der Waals surface area contributed by atoms with Gasteiger partial charge < -0.3 is 18.8 Å². The van der Waals surface area contributed by atoms with E-state index in [1.165, 1.54) is 17.3 Å². The summed E-state index contributed by atoms with van der Waals surface area (Å²) in [6, 6.07) is 29.8. The van der Waals surface area contributed by atoms with Crippen molar-refractivity contribution in [1.29, 1.82) is 0 Å². The van der Waals surface area contributed by atoms with Crippen LogP contribution in [-0.4, -0.2) is 48.3 Å². The molecule has 0 N–H and O–H groups in total. The van der Waals surface area contributed by atoms with E-state index in [4.69, 9.17) is 19.3 Å². The summed E-state index contributed by atoms with van der Waals surface area (Å²) in [5.74, 6) is 2.13. The molecule has 0 fully saturated rings. The number of amides is 1. The van der Waals surface area contributed by atoms with E-state index in [1.807, 2.05) is 54.6 Å². The Labute approximate surface area is 269 Å². The monoisotopic (exact) mass is 669 g/mol. The number of fused-ring (bicyclic) bond motifs is 1. The topological polar surface area (TPSA) is 65.3 Å². The lowest BCUT2D eigenvalue weighted by Crippen LogP contribution is -2.28. The standard InChI is InChI=1S/C35H32BrN3O4S/c1-41-26-17-13-24(14-18-26)29-19-31(28-8-6-10-32(42-2)35(28)43-3)39(37-29)34(40)22-44-33-21-38(30-9-5-4-7-27(30)33)20-23-11-15-25(36)16-12-23/h4-18,21,31H,19-20,22H2,1-3H3/t31-/m1/s1. The smallest absolute Gasteiger partial charge is 0.253 e. The number of thioether (sulfide) groups is 1. The van der Waals surface area contributed by atoms with Crippen molar-refractivity contribution in [3.05, 3.63) is 118 Å². The number of benzene rings is 4. The van der Waals surface area contributed by atoms with Gasteiger partial charge in [0.15, 0.2) is 11.5 Å². The highest BCUT2D eigenvalue weighted by Gasteiger charge is 2.35. The predicted octanol–water partition coefficient (Wildman–Crippen LogP) is 7.95. The average molecular weight is 671 g/mol. The molecule has 1 atom stereocenters. The van der Waals surface area contributed by atoms with Crippen molar-refractivity contribution in [2.75, 3.05) is 27.1 Å². The molecular formula is C35H32BrN3O4S. The number of hydrogen-bond acceptors (Lipinski definition) is 6. The molecule has 0 saturated heterocycles. The van der Waals surface area contributed by atoms with Gasteiger partial charge in [-0.15, -0.1) is 11.8 Å². The maximum atomic E-state index is 14.0. The number of para-hydroxylation sites is 2. The van der Waals surface area contributed by atoms with Crippen molar-refractivity contribution >= 4 is 50.2 Å². The second-order valence-corrected chi connectivity index (χ2v) is 12.3. The van der Waals surface area contributed by atoms with Crippen molar-refractivity contribution in [3.8, 4) is 17.2 Å². The summed E-state index contributed by atoms with van der Waals surface area (Å²) in [7, 11) is 4.87. The van der Waals surface area contributed by atoms with Gasteiger partial charge in [-0.05, 0) is 59.7 Å². The molecule has 1 aliphatic heterocycles. The summed E-state index contributed by atoms with van der Waals surface area (Å²) < 4.78 is 20.0. The molecule has 0 aliphatic carbocycles. The van der Waals surface area contributed by atoms with Crippen molar-refractivity contribution in [2.24, 2.45) is 5.10 Å². The summed E-state index contributed by atoms with van der Waals surface area (Å²) in [4.78, 5) is 15.0. The third-order valence-electron chi connectivity index (χ3n) is 7.75. The van der Waals surface area contributed by atoms with Gasteiger partial charge in [-0.25, -0.2) is 5.01 Å². The zero-order valence-corrected chi connectivity index (χ0v) is 27.1. The maximum absolute atomic E-state index is 14.0. The lowest BCUT2D eigenvalue weighted by molar-refractivity contribution is -0.130. The second kappa shape index (κ2) is 13.2. The SMILES string of the molecule is COc1ccc(C2=NN(C(=O)CSc3cn(Cc4ccc(Br)cc4)c4ccccc34)[C@@H](c3cccc(OC)c3OC)C2)cc1. The van der Waals surface area contributed by atoms with Gasteiger partial charge in [-0.1, -0.05) is 58.4 Å². The van der Waals surface area contributed by atoms with Gasteiger partial charge in [-0.3, -0.25) is 4.79 Å². The van der Waals surface area contributed by atoms with E-state index < -0.39 is 0 Å². The zero-order valence-electron chi connectivity index (χ0n) is 24.7. The number of nitrogens with zero attached hydrogens (tertiary/aromatic N) is 3. The van der Waals surface area contributed by atoms with E-state index in [1.54, 1.807) is 26.3 Å². The highest BCUT2D eigenvalue weighted by Crippen LogP contribution is 2.42. The molecule has 224 valence electrons. The van der Waals surface area contributed by atoms with E-state index in [2.05, 4.69) is 63.1 Å². The minimum atomic E-state index is -0.344. The molecule has 0 saturated carbocycles. The summed E-state index contributed by atoms with van der Waals surface area (Å²) in [5, 5.41) is 7.62. The fourth-order valence-electron chi connectivity index (χ4n) is 5.57. The Morgan fingerprint density at radius 3 is 2.41 bits per heavy atom. The number of carbonyl (C=O) groups is 1. The van der Waals surface area contributed by atoms with Crippen LogP contribution in [0.25, 0.3) is 10.9 Å². The van der Waals surface area contributed by atoms with Crippen LogP contribution < -0.4 is 14.2 Å². The van der Waals surface area contributed by atoms with E-state index in [0.717, 1.165) is 49.4 Å². The fraction of sp³-hybridized carbons (Fsp3) is 0.200. The van der Waals surface area contributed by atoms with E-state index >= 15 is 0 Å². The Bertz CT molecular complexity index is 1820. The van der Waals surface area contributed by atoms with Crippen molar-refractivity contribution < 1.29 is 19.0 Å². The number of hydrogen-bond donors (Lipinski definition) is 0. The van der Waals surface area contributed by atoms with Crippen LogP contribution in [0, 0.1) is 0 Å². The molecule has 44 heavy (non-hydrogen) atoms. The highest BCUT2D eigenvalue weighted by atomic mass is 79.9. The number of aromatic nitrogens is 1. The second-order valence-electron chi connectivity index (χ2n) is 10.4. The first-order valence-electron chi connectivity index (χ1n) is 14.2. The molecule has 7 nitrogen and oxygen atoms in total. The molecule has 1 aromatic heterocycles. The van der Waals surface area contributed by atoms with Crippen LogP contribution in [0.2, 0.25) is 0 Å². The largest absolute Gasteiger partial charge is 0.497 e. The van der Waals surface area contributed by atoms with Crippen LogP contribution in [0.1, 0.15) is 29.2 Å². The van der Waals surface area contributed by atoms with Gasteiger partial charge in [0.25, 0.3) is 5.91 Å². The third kappa shape index (κ3) is 6.07. The van der Waals surface area contributed by atoms with Crippen molar-refractivity contribution in [1.82, 2.24) is 9.58 Å². The molecule has 9 heteroatoms. The molecule has 5 aromatic rings. The normalized spacial score (nSPS) is 14.5. The first kappa shape index (κ1) is 29.8. The molecule has 2 heterocycles. The molecule has 1 aliphatic rings. The number of ether oxygens (including phenoxy) is 3. The molecule has 0 unspecified atom stereocenters. The lowest BCUT2D eigenvalue weighted by Gasteiger charge is -2.24. The molecule has 4 aromatic carbocycles. The van der Waals surface area contributed by atoms with Gasteiger partial charge in [0.05, 0.1) is 38.8 Å². The zero-order chi connectivity index (χ0) is 30.6. The number of methoxy groups -OCH3 is 3. The lowest BCUT2D eigenvalue weighted by atomic mass is 9.97. The summed E-state index contributed by atoms with van der Waals surface area (Å²) in [6.07, 6.45) is 2.68. The Kier molecular flexibility index (Phi) is 8.95. The molecule has 0 radical (unpaired) electrons. The van der Waals surface area contributed by atoms with Crippen LogP contribution in [0.3, 0.4) is 0 Å². The van der Waals surface area contributed by atoms with E-state index in [0.29, 0.717) is 17.9 Å². The Morgan fingerprint density at radius 2 is 1.68 bits per heavy atom. The Balaban J connectivity index is 1.29. The minimum absolute atomic E-state index is 0.0851.